The summed E-state index contributed by atoms with van der Waals surface area (Å²) < 4.78 is 11.1. The van der Waals surface area contributed by atoms with Crippen LogP contribution in [0.5, 0.6) is 11.5 Å². The van der Waals surface area contributed by atoms with Crippen molar-refractivity contribution < 1.29 is 9.47 Å². The smallest absolute Gasteiger partial charge is 0.162 e. The van der Waals surface area contributed by atoms with E-state index in [0.29, 0.717) is 19.3 Å². The van der Waals surface area contributed by atoms with E-state index in [0.717, 1.165) is 18.0 Å². The van der Waals surface area contributed by atoms with Crippen LogP contribution >= 0.6 is 11.8 Å². The molecule has 20 heavy (non-hydrogen) atoms. The second-order valence-corrected chi connectivity index (χ2v) is 6.28. The third-order valence-corrected chi connectivity index (χ3v) is 4.45. The van der Waals surface area contributed by atoms with Crippen LogP contribution in [0.2, 0.25) is 0 Å². The van der Waals surface area contributed by atoms with Crippen molar-refractivity contribution in [1.29, 1.82) is 0 Å². The predicted molar refractivity (Wildman–Crippen MR) is 85.1 cm³/mol. The van der Waals surface area contributed by atoms with Crippen LogP contribution in [0.4, 0.5) is 0 Å². The minimum absolute atomic E-state index is 0.638. The quantitative estimate of drug-likeness (QED) is 0.585. The summed E-state index contributed by atoms with van der Waals surface area (Å²) in [7, 11) is 0. The fraction of sp³-hybridized carbons (Fsp3) is 0.625. The average Bonchev–Trinajstić information content (AvgIpc) is 2.47. The minimum Gasteiger partial charge on any atom is -0.486 e. The van der Waals surface area contributed by atoms with Crippen LogP contribution in [-0.2, 0) is 0 Å². The van der Waals surface area contributed by atoms with Gasteiger partial charge in [0.1, 0.15) is 13.2 Å². The number of nitrogens with one attached hydrogen (secondary N) is 1. The van der Waals surface area contributed by atoms with Crippen molar-refractivity contribution >= 4 is 11.8 Å². The van der Waals surface area contributed by atoms with Crippen molar-refractivity contribution in [3.05, 3.63) is 18.2 Å². The molecule has 0 fully saturated rings. The first-order valence-corrected chi connectivity index (χ1v) is 8.54. The molecule has 1 aliphatic heterocycles. The van der Waals surface area contributed by atoms with Crippen molar-refractivity contribution in [2.24, 2.45) is 0 Å². The van der Waals surface area contributed by atoms with Crippen LogP contribution in [0.25, 0.3) is 0 Å². The molecule has 1 aliphatic rings. The number of fused-ring (bicyclic) bond motifs is 1. The summed E-state index contributed by atoms with van der Waals surface area (Å²) in [5.74, 6) is 2.93. The highest BCUT2D eigenvalue weighted by Crippen LogP contribution is 2.34. The zero-order valence-corrected chi connectivity index (χ0v) is 13.3. The fourth-order valence-electron chi connectivity index (χ4n) is 2.31. The molecule has 0 aliphatic carbocycles. The third-order valence-electron chi connectivity index (χ3n) is 3.37. The standard InChI is InChI=1S/C16H25NO2S/c1-3-17-13(2)6-4-5-11-20-14-7-8-15-16(12-14)19-10-9-18-15/h7-8,12-13,17H,3-6,9-11H2,1-2H3. The van der Waals surface area contributed by atoms with E-state index in [1.807, 2.05) is 17.8 Å². The lowest BCUT2D eigenvalue weighted by atomic mass is 10.1. The van der Waals surface area contributed by atoms with Gasteiger partial charge < -0.3 is 14.8 Å². The largest absolute Gasteiger partial charge is 0.486 e. The Balaban J connectivity index is 1.67. The molecular formula is C16H25NO2S. The van der Waals surface area contributed by atoms with Gasteiger partial charge in [0.15, 0.2) is 11.5 Å². The van der Waals surface area contributed by atoms with Crippen LogP contribution in [0.15, 0.2) is 23.1 Å². The molecule has 1 unspecified atom stereocenters. The number of hydrogen-bond acceptors (Lipinski definition) is 4. The molecule has 3 nitrogen and oxygen atoms in total. The van der Waals surface area contributed by atoms with Gasteiger partial charge in [0.25, 0.3) is 0 Å². The van der Waals surface area contributed by atoms with E-state index in [1.165, 1.54) is 29.9 Å². The van der Waals surface area contributed by atoms with Gasteiger partial charge in [-0.2, -0.15) is 0 Å². The molecule has 1 aromatic carbocycles. The van der Waals surface area contributed by atoms with Crippen molar-refractivity contribution in [3.63, 3.8) is 0 Å². The lowest BCUT2D eigenvalue weighted by molar-refractivity contribution is 0.171. The van der Waals surface area contributed by atoms with Crippen LogP contribution in [0.1, 0.15) is 33.1 Å². The summed E-state index contributed by atoms with van der Waals surface area (Å²) in [6.07, 6.45) is 3.80. The first-order valence-electron chi connectivity index (χ1n) is 7.55. The first-order chi connectivity index (χ1) is 9.79. The molecule has 0 saturated heterocycles. The lowest BCUT2D eigenvalue weighted by Gasteiger charge is -2.18. The van der Waals surface area contributed by atoms with Crippen molar-refractivity contribution in [3.8, 4) is 11.5 Å². The van der Waals surface area contributed by atoms with Crippen molar-refractivity contribution in [2.45, 2.75) is 44.0 Å². The van der Waals surface area contributed by atoms with Crippen molar-refractivity contribution in [1.82, 2.24) is 5.32 Å². The van der Waals surface area contributed by atoms with E-state index in [2.05, 4.69) is 31.3 Å². The third kappa shape index (κ3) is 4.91. The van der Waals surface area contributed by atoms with Gasteiger partial charge >= 0.3 is 0 Å². The SMILES string of the molecule is CCNC(C)CCCCSc1ccc2c(c1)OCCO2. The van der Waals surface area contributed by atoms with Crippen LogP contribution in [0, 0.1) is 0 Å². The van der Waals surface area contributed by atoms with E-state index in [-0.39, 0.29) is 0 Å². The Morgan fingerprint density at radius 3 is 2.80 bits per heavy atom. The Labute approximate surface area is 126 Å². The molecule has 0 saturated carbocycles. The molecule has 1 N–H and O–H groups in total. The molecule has 0 bridgehead atoms. The summed E-state index contributed by atoms with van der Waals surface area (Å²) >= 11 is 1.90. The van der Waals surface area contributed by atoms with E-state index in [1.54, 1.807) is 0 Å². The molecule has 112 valence electrons. The van der Waals surface area contributed by atoms with Gasteiger partial charge in [-0.1, -0.05) is 13.3 Å². The van der Waals surface area contributed by atoms with Gasteiger partial charge in [0.2, 0.25) is 0 Å². The molecule has 0 amide bonds. The highest BCUT2D eigenvalue weighted by molar-refractivity contribution is 7.99. The lowest BCUT2D eigenvalue weighted by Crippen LogP contribution is -2.25. The minimum atomic E-state index is 0.638. The number of ether oxygens (including phenoxy) is 2. The Morgan fingerprint density at radius 2 is 2.00 bits per heavy atom. The molecule has 4 heteroatoms. The van der Waals surface area contributed by atoms with Gasteiger partial charge in [-0.25, -0.2) is 0 Å². The summed E-state index contributed by atoms with van der Waals surface area (Å²) in [6.45, 7) is 6.80. The highest BCUT2D eigenvalue weighted by atomic mass is 32.2. The molecule has 2 rings (SSSR count). The molecule has 1 heterocycles. The van der Waals surface area contributed by atoms with E-state index >= 15 is 0 Å². The van der Waals surface area contributed by atoms with Gasteiger partial charge in [0.05, 0.1) is 0 Å². The molecule has 0 aromatic heterocycles. The second-order valence-electron chi connectivity index (χ2n) is 5.11. The normalized spacial score (nSPS) is 15.1. The Bertz CT molecular complexity index is 411. The summed E-state index contributed by atoms with van der Waals surface area (Å²) in [4.78, 5) is 1.27. The maximum absolute atomic E-state index is 5.60. The maximum Gasteiger partial charge on any atom is 0.162 e. The van der Waals surface area contributed by atoms with E-state index < -0.39 is 0 Å². The monoisotopic (exact) mass is 295 g/mol. The average molecular weight is 295 g/mol. The maximum atomic E-state index is 5.60. The van der Waals surface area contributed by atoms with Gasteiger partial charge in [0, 0.05) is 10.9 Å². The van der Waals surface area contributed by atoms with E-state index in [9.17, 15) is 0 Å². The van der Waals surface area contributed by atoms with Crippen LogP contribution in [-0.4, -0.2) is 31.6 Å². The zero-order valence-electron chi connectivity index (χ0n) is 12.5. The zero-order chi connectivity index (χ0) is 14.2. The number of thioether (sulfide) groups is 1. The summed E-state index contributed by atoms with van der Waals surface area (Å²) in [5.41, 5.74) is 0. The highest BCUT2D eigenvalue weighted by Gasteiger charge is 2.11. The van der Waals surface area contributed by atoms with Gasteiger partial charge in [-0.15, -0.1) is 11.8 Å². The van der Waals surface area contributed by atoms with Crippen LogP contribution in [0.3, 0.4) is 0 Å². The van der Waals surface area contributed by atoms with E-state index in [4.69, 9.17) is 9.47 Å². The number of benzene rings is 1. The van der Waals surface area contributed by atoms with Crippen molar-refractivity contribution in [2.75, 3.05) is 25.5 Å². The predicted octanol–water partition coefficient (Wildman–Crippen LogP) is 3.72. The Kier molecular flexibility index (Phi) is 6.54. The molecule has 1 atom stereocenters. The number of hydrogen-bond donors (Lipinski definition) is 1. The fourth-order valence-corrected chi connectivity index (χ4v) is 3.25. The number of unbranched alkanes of at least 4 members (excludes halogenated alkanes) is 1. The van der Waals surface area contributed by atoms with Gasteiger partial charge in [-0.3, -0.25) is 0 Å². The number of rotatable bonds is 8. The van der Waals surface area contributed by atoms with Crippen LogP contribution < -0.4 is 14.8 Å². The first kappa shape index (κ1) is 15.5. The Morgan fingerprint density at radius 1 is 1.20 bits per heavy atom. The van der Waals surface area contributed by atoms with Gasteiger partial charge in [-0.05, 0) is 50.3 Å². The second kappa shape index (κ2) is 8.42. The molecule has 0 radical (unpaired) electrons. The Hall–Kier alpha value is -0.870. The topological polar surface area (TPSA) is 30.5 Å². The summed E-state index contributed by atoms with van der Waals surface area (Å²) in [6, 6.07) is 6.88. The summed E-state index contributed by atoms with van der Waals surface area (Å²) in [5, 5.41) is 3.45. The molecular weight excluding hydrogens is 270 g/mol. The molecule has 0 spiro atoms. The molecule has 1 aromatic rings.